The lowest BCUT2D eigenvalue weighted by atomic mass is 10.2. The minimum absolute atomic E-state index is 0.177. The second-order valence-electron chi connectivity index (χ2n) is 3.15. The zero-order valence-electron chi connectivity index (χ0n) is 8.87. The fourth-order valence-corrected chi connectivity index (χ4v) is 1.56. The smallest absolute Gasteiger partial charge is 0.310 e. The molecule has 0 aliphatic heterocycles. The Labute approximate surface area is 107 Å². The fourth-order valence-electron chi connectivity index (χ4n) is 1.11. The Morgan fingerprint density at radius 3 is 2.65 bits per heavy atom. The largest absolute Gasteiger partial charge is 0.344 e. The lowest BCUT2D eigenvalue weighted by Gasteiger charge is -2.04. The van der Waals surface area contributed by atoms with Crippen LogP contribution in [-0.4, -0.2) is 18.4 Å². The quantitative estimate of drug-likeness (QED) is 0.636. The number of nitrogens with zero attached hydrogens (tertiary/aromatic N) is 1. The van der Waals surface area contributed by atoms with Crippen LogP contribution in [0.25, 0.3) is 0 Å². The lowest BCUT2D eigenvalue weighted by Crippen LogP contribution is -2.39. The van der Waals surface area contributed by atoms with E-state index in [4.69, 9.17) is 5.26 Å². The van der Waals surface area contributed by atoms with E-state index in [9.17, 15) is 9.59 Å². The van der Waals surface area contributed by atoms with Crippen molar-refractivity contribution in [3.05, 3.63) is 34.3 Å². The highest BCUT2D eigenvalue weighted by Crippen LogP contribution is 2.11. The predicted molar refractivity (Wildman–Crippen MR) is 64.6 cm³/mol. The number of nitriles is 1. The molecular weight excluding hydrogens is 286 g/mol. The molecule has 0 atom stereocenters. The summed E-state index contributed by atoms with van der Waals surface area (Å²) < 4.78 is 0.901. The van der Waals surface area contributed by atoms with E-state index in [0.717, 1.165) is 10.0 Å². The van der Waals surface area contributed by atoms with Crippen molar-refractivity contribution in [3.8, 4) is 6.07 Å². The van der Waals surface area contributed by atoms with Crippen molar-refractivity contribution >= 4 is 27.7 Å². The highest BCUT2D eigenvalue weighted by atomic mass is 79.9. The van der Waals surface area contributed by atoms with Gasteiger partial charge in [0.25, 0.3) is 0 Å². The molecule has 0 aliphatic rings. The van der Waals surface area contributed by atoms with Crippen LogP contribution in [0.5, 0.6) is 0 Å². The topological polar surface area (TPSA) is 82.0 Å². The Kier molecular flexibility index (Phi) is 5.17. The lowest BCUT2D eigenvalue weighted by molar-refractivity contribution is -0.139. The van der Waals surface area contributed by atoms with Gasteiger partial charge in [-0.05, 0) is 17.7 Å². The molecule has 0 aliphatic carbocycles. The SMILES string of the molecule is N#CCNC(=O)C(=O)NCc1cccc(Br)c1. The molecule has 2 N–H and O–H groups in total. The number of hydrogen-bond acceptors (Lipinski definition) is 3. The standard InChI is InChI=1S/C11H10BrN3O2/c12-9-3-1-2-8(6-9)7-15-11(17)10(16)14-5-4-13/h1-3,6H,5,7H2,(H,14,16)(H,15,17). The van der Waals surface area contributed by atoms with Gasteiger partial charge in [-0.25, -0.2) is 0 Å². The third-order valence-electron chi connectivity index (χ3n) is 1.88. The first kappa shape index (κ1) is 13.2. The third kappa shape index (κ3) is 4.66. The summed E-state index contributed by atoms with van der Waals surface area (Å²) in [5.41, 5.74) is 0.876. The van der Waals surface area contributed by atoms with Crippen molar-refractivity contribution in [3.63, 3.8) is 0 Å². The number of hydrogen-bond donors (Lipinski definition) is 2. The second kappa shape index (κ2) is 6.66. The molecule has 2 amide bonds. The van der Waals surface area contributed by atoms with Crippen molar-refractivity contribution in [2.45, 2.75) is 6.54 Å². The van der Waals surface area contributed by atoms with Crippen LogP contribution >= 0.6 is 15.9 Å². The first-order valence-corrected chi connectivity index (χ1v) is 5.60. The van der Waals surface area contributed by atoms with Gasteiger partial charge in [-0.2, -0.15) is 5.26 Å². The van der Waals surface area contributed by atoms with Crippen molar-refractivity contribution in [1.29, 1.82) is 5.26 Å². The van der Waals surface area contributed by atoms with Crippen molar-refractivity contribution in [1.82, 2.24) is 10.6 Å². The number of amides is 2. The van der Waals surface area contributed by atoms with E-state index in [1.807, 2.05) is 24.3 Å². The van der Waals surface area contributed by atoms with Gasteiger partial charge < -0.3 is 10.6 Å². The molecule has 0 unspecified atom stereocenters. The first-order valence-electron chi connectivity index (χ1n) is 4.81. The van der Waals surface area contributed by atoms with E-state index in [0.29, 0.717) is 0 Å². The molecule has 1 aromatic carbocycles. The summed E-state index contributed by atoms with van der Waals surface area (Å²) in [6.07, 6.45) is 0. The molecule has 17 heavy (non-hydrogen) atoms. The molecule has 0 bridgehead atoms. The summed E-state index contributed by atoms with van der Waals surface area (Å²) in [6, 6.07) is 9.09. The Bertz CT molecular complexity index is 468. The minimum atomic E-state index is -0.804. The fraction of sp³-hybridized carbons (Fsp3) is 0.182. The molecule has 0 aromatic heterocycles. The molecule has 1 aromatic rings. The summed E-state index contributed by atoms with van der Waals surface area (Å²) in [7, 11) is 0. The predicted octanol–water partition coefficient (Wildman–Crippen LogP) is 0.705. The summed E-state index contributed by atoms with van der Waals surface area (Å²) in [5.74, 6) is -1.55. The average Bonchev–Trinajstić information content (AvgIpc) is 2.33. The maximum absolute atomic E-state index is 11.3. The van der Waals surface area contributed by atoms with E-state index >= 15 is 0 Å². The number of halogens is 1. The normalized spacial score (nSPS) is 9.18. The van der Waals surface area contributed by atoms with Crippen LogP contribution in [0.2, 0.25) is 0 Å². The molecule has 1 rings (SSSR count). The van der Waals surface area contributed by atoms with Crippen LogP contribution in [0, 0.1) is 11.3 Å². The summed E-state index contributed by atoms with van der Waals surface area (Å²) in [4.78, 5) is 22.4. The molecule has 0 heterocycles. The average molecular weight is 296 g/mol. The summed E-state index contributed by atoms with van der Waals surface area (Å²) >= 11 is 3.30. The zero-order valence-corrected chi connectivity index (χ0v) is 10.5. The third-order valence-corrected chi connectivity index (χ3v) is 2.37. The Balaban J connectivity index is 2.43. The number of rotatable bonds is 3. The maximum atomic E-state index is 11.3. The van der Waals surface area contributed by atoms with Gasteiger partial charge in [0.15, 0.2) is 0 Å². The number of benzene rings is 1. The molecule has 0 spiro atoms. The van der Waals surface area contributed by atoms with Crippen LogP contribution in [-0.2, 0) is 16.1 Å². The summed E-state index contributed by atoms with van der Waals surface area (Å²) in [5, 5.41) is 12.8. The molecule has 0 saturated heterocycles. The van der Waals surface area contributed by atoms with Gasteiger partial charge in [-0.1, -0.05) is 28.1 Å². The minimum Gasteiger partial charge on any atom is -0.344 e. The molecule has 0 fully saturated rings. The van der Waals surface area contributed by atoms with Crippen molar-refractivity contribution in [2.75, 3.05) is 6.54 Å². The van der Waals surface area contributed by atoms with Gasteiger partial charge in [0.1, 0.15) is 6.54 Å². The van der Waals surface area contributed by atoms with Crippen LogP contribution < -0.4 is 10.6 Å². The van der Waals surface area contributed by atoms with Crippen LogP contribution in [0.1, 0.15) is 5.56 Å². The molecule has 0 saturated carbocycles. The van der Waals surface area contributed by atoms with Gasteiger partial charge >= 0.3 is 11.8 Å². The van der Waals surface area contributed by atoms with Gasteiger partial charge in [-0.15, -0.1) is 0 Å². The maximum Gasteiger partial charge on any atom is 0.310 e. The molecule has 0 radical (unpaired) electrons. The van der Waals surface area contributed by atoms with Crippen LogP contribution in [0.4, 0.5) is 0 Å². The van der Waals surface area contributed by atoms with Crippen LogP contribution in [0.15, 0.2) is 28.7 Å². The number of carbonyl (C=O) groups is 2. The molecule has 5 nitrogen and oxygen atoms in total. The van der Waals surface area contributed by atoms with Gasteiger partial charge in [0.2, 0.25) is 0 Å². The number of nitrogens with one attached hydrogen (secondary N) is 2. The van der Waals surface area contributed by atoms with Crippen molar-refractivity contribution in [2.24, 2.45) is 0 Å². The highest BCUT2D eigenvalue weighted by molar-refractivity contribution is 9.10. The van der Waals surface area contributed by atoms with E-state index in [2.05, 4.69) is 26.6 Å². The van der Waals surface area contributed by atoms with Gasteiger partial charge in [0, 0.05) is 11.0 Å². The number of carbonyl (C=O) groups excluding carboxylic acids is 2. The highest BCUT2D eigenvalue weighted by Gasteiger charge is 2.11. The van der Waals surface area contributed by atoms with E-state index in [1.165, 1.54) is 0 Å². The first-order chi connectivity index (χ1) is 8.13. The Morgan fingerprint density at radius 1 is 1.29 bits per heavy atom. The Morgan fingerprint density at radius 2 is 2.00 bits per heavy atom. The van der Waals surface area contributed by atoms with E-state index in [1.54, 1.807) is 6.07 Å². The van der Waals surface area contributed by atoms with Gasteiger partial charge in [0.05, 0.1) is 6.07 Å². The summed E-state index contributed by atoms with van der Waals surface area (Å²) in [6.45, 7) is 0.0847. The zero-order chi connectivity index (χ0) is 12.7. The van der Waals surface area contributed by atoms with Gasteiger partial charge in [-0.3, -0.25) is 9.59 Å². The van der Waals surface area contributed by atoms with Crippen molar-refractivity contribution < 1.29 is 9.59 Å². The molecular formula is C11H10BrN3O2. The van der Waals surface area contributed by atoms with E-state index < -0.39 is 11.8 Å². The second-order valence-corrected chi connectivity index (χ2v) is 4.07. The molecule has 6 heteroatoms. The van der Waals surface area contributed by atoms with E-state index in [-0.39, 0.29) is 13.1 Å². The monoisotopic (exact) mass is 295 g/mol. The Hall–Kier alpha value is -1.87. The van der Waals surface area contributed by atoms with Crippen LogP contribution in [0.3, 0.4) is 0 Å². The molecule has 88 valence electrons.